The highest BCUT2D eigenvalue weighted by atomic mass is 32.2. The second-order valence-electron chi connectivity index (χ2n) is 7.38. The molecule has 0 amide bonds. The number of rotatable bonds is 5. The standard InChI is InChI=1S/C25H21N3O2S/c1-16-8-7-9-17(14-16)15-31-25-27-22-18-10-3-4-11-19(18)26-23(22)24(29)28(25)20-12-5-6-13-21(20)30-2/h3-14,26H,15H2,1-2H3. The normalized spacial score (nSPS) is 11.3. The lowest BCUT2D eigenvalue weighted by Crippen LogP contribution is -2.22. The minimum Gasteiger partial charge on any atom is -0.495 e. The first-order valence-corrected chi connectivity index (χ1v) is 11.0. The van der Waals surface area contributed by atoms with Gasteiger partial charge in [0.25, 0.3) is 5.56 Å². The van der Waals surface area contributed by atoms with Crippen LogP contribution in [0.4, 0.5) is 0 Å². The van der Waals surface area contributed by atoms with Crippen molar-refractivity contribution in [3.8, 4) is 11.4 Å². The van der Waals surface area contributed by atoms with E-state index in [1.165, 1.54) is 11.1 Å². The Bertz CT molecular complexity index is 1470. The van der Waals surface area contributed by atoms with Crippen molar-refractivity contribution in [1.82, 2.24) is 14.5 Å². The Morgan fingerprint density at radius 3 is 2.68 bits per heavy atom. The number of aromatic nitrogens is 3. The van der Waals surface area contributed by atoms with Crippen molar-refractivity contribution >= 4 is 33.7 Å². The third kappa shape index (κ3) is 3.49. The Hall–Kier alpha value is -3.51. The van der Waals surface area contributed by atoms with Crippen LogP contribution in [0.3, 0.4) is 0 Å². The number of benzene rings is 3. The van der Waals surface area contributed by atoms with E-state index in [1.54, 1.807) is 23.4 Å². The Labute approximate surface area is 183 Å². The van der Waals surface area contributed by atoms with Gasteiger partial charge in [-0.05, 0) is 30.7 Å². The van der Waals surface area contributed by atoms with Crippen molar-refractivity contribution in [3.05, 3.63) is 94.3 Å². The van der Waals surface area contributed by atoms with Crippen molar-refractivity contribution < 1.29 is 4.74 Å². The zero-order valence-corrected chi connectivity index (χ0v) is 18.1. The van der Waals surface area contributed by atoms with Crippen molar-refractivity contribution in [2.75, 3.05) is 7.11 Å². The van der Waals surface area contributed by atoms with Gasteiger partial charge in [-0.3, -0.25) is 4.79 Å². The van der Waals surface area contributed by atoms with E-state index < -0.39 is 0 Å². The Morgan fingerprint density at radius 2 is 1.84 bits per heavy atom. The van der Waals surface area contributed by atoms with Gasteiger partial charge in [0.2, 0.25) is 0 Å². The van der Waals surface area contributed by atoms with Crippen LogP contribution in [0.5, 0.6) is 5.75 Å². The van der Waals surface area contributed by atoms with Gasteiger partial charge in [-0.2, -0.15) is 0 Å². The molecule has 3 aromatic carbocycles. The first-order chi connectivity index (χ1) is 15.2. The second kappa shape index (κ2) is 7.96. The van der Waals surface area contributed by atoms with Crippen LogP contribution in [0.2, 0.25) is 0 Å². The average Bonchev–Trinajstić information content (AvgIpc) is 3.17. The van der Waals surface area contributed by atoms with Gasteiger partial charge in [-0.1, -0.05) is 71.9 Å². The number of thioether (sulfide) groups is 1. The van der Waals surface area contributed by atoms with E-state index >= 15 is 0 Å². The predicted octanol–water partition coefficient (Wildman–Crippen LogP) is 5.48. The molecule has 0 spiro atoms. The fourth-order valence-corrected chi connectivity index (χ4v) is 4.76. The van der Waals surface area contributed by atoms with Crippen molar-refractivity contribution in [2.24, 2.45) is 0 Å². The molecule has 0 aliphatic rings. The number of para-hydroxylation sites is 3. The summed E-state index contributed by atoms with van der Waals surface area (Å²) in [7, 11) is 1.61. The number of aromatic amines is 1. The highest BCUT2D eigenvalue weighted by molar-refractivity contribution is 7.98. The van der Waals surface area contributed by atoms with Crippen molar-refractivity contribution in [1.29, 1.82) is 0 Å². The van der Waals surface area contributed by atoms with Crippen LogP contribution in [0.15, 0.2) is 82.7 Å². The van der Waals surface area contributed by atoms with Gasteiger partial charge in [0.15, 0.2) is 5.16 Å². The summed E-state index contributed by atoms with van der Waals surface area (Å²) in [6.45, 7) is 2.08. The van der Waals surface area contributed by atoms with E-state index in [-0.39, 0.29) is 5.56 Å². The molecule has 154 valence electrons. The Morgan fingerprint density at radius 1 is 1.03 bits per heavy atom. The molecule has 5 rings (SSSR count). The summed E-state index contributed by atoms with van der Waals surface area (Å²) in [4.78, 5) is 21.9. The molecule has 0 bridgehead atoms. The number of aryl methyl sites for hydroxylation is 1. The van der Waals surface area contributed by atoms with Crippen LogP contribution >= 0.6 is 11.8 Å². The summed E-state index contributed by atoms with van der Waals surface area (Å²) < 4.78 is 7.20. The number of methoxy groups -OCH3 is 1. The minimum absolute atomic E-state index is 0.141. The summed E-state index contributed by atoms with van der Waals surface area (Å²) in [6.07, 6.45) is 0. The molecule has 5 nitrogen and oxygen atoms in total. The van der Waals surface area contributed by atoms with E-state index in [2.05, 4.69) is 36.2 Å². The SMILES string of the molecule is COc1ccccc1-n1c(SCc2cccc(C)c2)nc2c([nH]c3ccccc32)c1=O. The Kier molecular flexibility index (Phi) is 5.00. The number of nitrogens with zero attached hydrogens (tertiary/aromatic N) is 2. The fraction of sp³-hybridized carbons (Fsp3) is 0.120. The van der Waals surface area contributed by atoms with E-state index in [0.29, 0.717) is 33.4 Å². The maximum atomic E-state index is 13.7. The number of hydrogen-bond acceptors (Lipinski definition) is 4. The van der Waals surface area contributed by atoms with Gasteiger partial charge in [0.05, 0.1) is 12.8 Å². The minimum atomic E-state index is -0.141. The fourth-order valence-electron chi connectivity index (χ4n) is 3.82. The summed E-state index contributed by atoms with van der Waals surface area (Å²) in [5.41, 5.74) is 5.01. The van der Waals surface area contributed by atoms with Gasteiger partial charge in [0, 0.05) is 16.7 Å². The van der Waals surface area contributed by atoms with Gasteiger partial charge in [-0.15, -0.1) is 0 Å². The maximum Gasteiger partial charge on any atom is 0.283 e. The molecule has 31 heavy (non-hydrogen) atoms. The molecule has 0 aliphatic heterocycles. The molecule has 0 unspecified atom stereocenters. The predicted molar refractivity (Wildman–Crippen MR) is 126 cm³/mol. The molecule has 0 atom stereocenters. The van der Waals surface area contributed by atoms with Crippen molar-refractivity contribution in [2.45, 2.75) is 17.8 Å². The summed E-state index contributed by atoms with van der Waals surface area (Å²) in [6, 6.07) is 23.8. The van der Waals surface area contributed by atoms with Crippen LogP contribution < -0.4 is 10.3 Å². The smallest absolute Gasteiger partial charge is 0.283 e. The van der Waals surface area contributed by atoms with Crippen LogP contribution in [0.25, 0.3) is 27.6 Å². The molecule has 2 aromatic heterocycles. The zero-order chi connectivity index (χ0) is 21.4. The number of ether oxygens (including phenoxy) is 1. The summed E-state index contributed by atoms with van der Waals surface area (Å²) >= 11 is 1.55. The van der Waals surface area contributed by atoms with E-state index in [1.807, 2.05) is 48.5 Å². The van der Waals surface area contributed by atoms with Gasteiger partial charge in [-0.25, -0.2) is 9.55 Å². The summed E-state index contributed by atoms with van der Waals surface area (Å²) in [5, 5.41) is 1.58. The lowest BCUT2D eigenvalue weighted by molar-refractivity contribution is 0.411. The lowest BCUT2D eigenvalue weighted by atomic mass is 10.2. The molecule has 0 saturated carbocycles. The van der Waals surface area contributed by atoms with E-state index in [4.69, 9.17) is 9.72 Å². The molecule has 0 aliphatic carbocycles. The number of hydrogen-bond donors (Lipinski definition) is 1. The Balaban J connectivity index is 1.74. The largest absolute Gasteiger partial charge is 0.495 e. The zero-order valence-electron chi connectivity index (χ0n) is 17.3. The number of nitrogens with one attached hydrogen (secondary N) is 1. The first-order valence-electron chi connectivity index (χ1n) is 10.0. The van der Waals surface area contributed by atoms with E-state index in [9.17, 15) is 4.79 Å². The van der Waals surface area contributed by atoms with Gasteiger partial charge < -0.3 is 9.72 Å². The second-order valence-corrected chi connectivity index (χ2v) is 8.32. The lowest BCUT2D eigenvalue weighted by Gasteiger charge is -2.15. The average molecular weight is 428 g/mol. The molecule has 6 heteroatoms. The topological polar surface area (TPSA) is 59.9 Å². The third-order valence-electron chi connectivity index (χ3n) is 5.27. The maximum absolute atomic E-state index is 13.7. The molecular formula is C25H21N3O2S. The number of H-pyrrole nitrogens is 1. The van der Waals surface area contributed by atoms with Crippen LogP contribution in [0.1, 0.15) is 11.1 Å². The molecule has 0 fully saturated rings. The van der Waals surface area contributed by atoms with Gasteiger partial charge >= 0.3 is 0 Å². The van der Waals surface area contributed by atoms with Crippen LogP contribution in [0, 0.1) is 6.92 Å². The van der Waals surface area contributed by atoms with E-state index in [0.717, 1.165) is 10.9 Å². The number of fused-ring (bicyclic) bond motifs is 3. The highest BCUT2D eigenvalue weighted by Crippen LogP contribution is 2.30. The van der Waals surface area contributed by atoms with Crippen molar-refractivity contribution in [3.63, 3.8) is 0 Å². The molecular weight excluding hydrogens is 406 g/mol. The third-order valence-corrected chi connectivity index (χ3v) is 6.28. The van der Waals surface area contributed by atoms with Gasteiger partial charge in [0.1, 0.15) is 16.8 Å². The summed E-state index contributed by atoms with van der Waals surface area (Å²) in [5.74, 6) is 1.33. The molecule has 0 saturated heterocycles. The van der Waals surface area contributed by atoms with Crippen LogP contribution in [-0.4, -0.2) is 21.6 Å². The first kappa shape index (κ1) is 19.5. The van der Waals surface area contributed by atoms with Crippen LogP contribution in [-0.2, 0) is 5.75 Å². The quantitative estimate of drug-likeness (QED) is 0.298. The molecule has 1 N–H and O–H groups in total. The molecule has 5 aromatic rings. The monoisotopic (exact) mass is 427 g/mol. The molecule has 2 heterocycles. The molecule has 0 radical (unpaired) electrons. The highest BCUT2D eigenvalue weighted by Gasteiger charge is 2.19.